The van der Waals surface area contributed by atoms with Crippen LogP contribution in [0.4, 0.5) is 10.5 Å². The number of carbonyl (C=O) groups excluding carboxylic acids is 1. The van der Waals surface area contributed by atoms with Crippen LogP contribution in [0.15, 0.2) is 42.6 Å². The molecule has 0 bridgehead atoms. The molecule has 0 fully saturated rings. The first-order valence-corrected chi connectivity index (χ1v) is 6.73. The van der Waals surface area contributed by atoms with Gasteiger partial charge < -0.3 is 15.0 Å². The minimum absolute atomic E-state index is 0.220. The molecule has 1 aromatic carbocycles. The topological polar surface area (TPSA) is 54.5 Å². The van der Waals surface area contributed by atoms with E-state index in [2.05, 4.69) is 10.3 Å². The number of ether oxygens (including phenoxy) is 1. The van der Waals surface area contributed by atoms with Gasteiger partial charge in [-0.15, -0.1) is 0 Å². The first-order valence-electron chi connectivity index (χ1n) is 6.35. The number of rotatable bonds is 4. The molecule has 0 atom stereocenters. The number of amides is 2. The van der Waals surface area contributed by atoms with Crippen LogP contribution in [0, 0.1) is 0 Å². The van der Waals surface area contributed by atoms with Gasteiger partial charge in [-0.2, -0.15) is 0 Å². The van der Waals surface area contributed by atoms with Crippen LogP contribution >= 0.6 is 11.6 Å². The largest absolute Gasteiger partial charge is 0.481 e. The number of hydrogen-bond acceptors (Lipinski definition) is 3. The summed E-state index contributed by atoms with van der Waals surface area (Å²) in [6.07, 6.45) is 1.55. The predicted molar refractivity (Wildman–Crippen MR) is 82.7 cm³/mol. The number of aromatic nitrogens is 1. The van der Waals surface area contributed by atoms with Crippen LogP contribution < -0.4 is 10.1 Å². The maximum atomic E-state index is 12.1. The van der Waals surface area contributed by atoms with Gasteiger partial charge in [0.1, 0.15) is 0 Å². The molecule has 1 heterocycles. The summed E-state index contributed by atoms with van der Waals surface area (Å²) in [6, 6.07) is 10.6. The molecule has 0 saturated carbocycles. The van der Waals surface area contributed by atoms with Crippen LogP contribution in [0.2, 0.25) is 5.02 Å². The Labute approximate surface area is 128 Å². The fourth-order valence-electron chi connectivity index (χ4n) is 1.77. The van der Waals surface area contributed by atoms with Gasteiger partial charge in [0.15, 0.2) is 0 Å². The van der Waals surface area contributed by atoms with Crippen LogP contribution in [0.1, 0.15) is 5.56 Å². The Morgan fingerprint density at radius 3 is 2.81 bits per heavy atom. The van der Waals surface area contributed by atoms with Crippen LogP contribution in [0.5, 0.6) is 5.88 Å². The van der Waals surface area contributed by atoms with Crippen molar-refractivity contribution in [3.8, 4) is 5.88 Å². The van der Waals surface area contributed by atoms with E-state index in [-0.39, 0.29) is 6.03 Å². The second kappa shape index (κ2) is 6.95. The molecule has 0 spiro atoms. The summed E-state index contributed by atoms with van der Waals surface area (Å²) < 4.78 is 4.97. The zero-order valence-electron chi connectivity index (χ0n) is 11.8. The Bertz CT molecular complexity index is 617. The van der Waals surface area contributed by atoms with Crippen LogP contribution in [0.3, 0.4) is 0 Å². The van der Waals surface area contributed by atoms with Crippen molar-refractivity contribution in [2.75, 3.05) is 19.5 Å². The Kier molecular flexibility index (Phi) is 5.00. The summed E-state index contributed by atoms with van der Waals surface area (Å²) in [5.74, 6) is 0.500. The Morgan fingerprint density at radius 2 is 2.19 bits per heavy atom. The number of hydrogen-bond donors (Lipinski definition) is 1. The van der Waals surface area contributed by atoms with E-state index in [0.29, 0.717) is 23.1 Å². The number of methoxy groups -OCH3 is 1. The van der Waals surface area contributed by atoms with Gasteiger partial charge in [0.25, 0.3) is 0 Å². The molecule has 0 saturated heterocycles. The third kappa shape index (κ3) is 4.36. The molecule has 2 amide bonds. The van der Waals surface area contributed by atoms with E-state index in [0.717, 1.165) is 5.56 Å². The number of urea groups is 1. The smallest absolute Gasteiger partial charge is 0.321 e. The lowest BCUT2D eigenvalue weighted by molar-refractivity contribution is 0.220. The Hall–Kier alpha value is -2.27. The standard InChI is InChI=1S/C15H16ClN3O2/c1-19(10-11-4-3-5-12(16)8-11)15(20)18-13-6-7-14(21-2)17-9-13/h3-9H,10H2,1-2H3,(H,18,20). The fraction of sp³-hybridized carbons (Fsp3) is 0.200. The summed E-state index contributed by atoms with van der Waals surface area (Å²) in [5.41, 5.74) is 1.58. The van der Waals surface area contributed by atoms with Crippen molar-refractivity contribution in [1.29, 1.82) is 0 Å². The van der Waals surface area contributed by atoms with E-state index in [9.17, 15) is 4.79 Å². The highest BCUT2D eigenvalue weighted by molar-refractivity contribution is 6.30. The van der Waals surface area contributed by atoms with E-state index in [1.165, 1.54) is 0 Å². The number of pyridine rings is 1. The summed E-state index contributed by atoms with van der Waals surface area (Å²) in [7, 11) is 3.26. The van der Waals surface area contributed by atoms with Crippen molar-refractivity contribution in [2.45, 2.75) is 6.54 Å². The highest BCUT2D eigenvalue weighted by Gasteiger charge is 2.10. The molecule has 5 nitrogen and oxygen atoms in total. The molecule has 0 unspecified atom stereocenters. The highest BCUT2D eigenvalue weighted by Crippen LogP contribution is 2.14. The number of halogens is 1. The van der Waals surface area contributed by atoms with Gasteiger partial charge in [-0.1, -0.05) is 23.7 Å². The van der Waals surface area contributed by atoms with Crippen molar-refractivity contribution < 1.29 is 9.53 Å². The summed E-state index contributed by atoms with van der Waals surface area (Å²) in [5, 5.41) is 3.42. The summed E-state index contributed by atoms with van der Waals surface area (Å²) >= 11 is 5.93. The predicted octanol–water partition coefficient (Wildman–Crippen LogP) is 3.41. The Morgan fingerprint density at radius 1 is 1.38 bits per heavy atom. The zero-order valence-corrected chi connectivity index (χ0v) is 12.6. The van der Waals surface area contributed by atoms with Gasteiger partial charge in [-0.25, -0.2) is 9.78 Å². The third-order valence-corrected chi connectivity index (χ3v) is 3.09. The normalized spacial score (nSPS) is 10.0. The van der Waals surface area contributed by atoms with E-state index in [4.69, 9.17) is 16.3 Å². The number of benzene rings is 1. The van der Waals surface area contributed by atoms with E-state index >= 15 is 0 Å². The van der Waals surface area contributed by atoms with Crippen molar-refractivity contribution in [3.05, 3.63) is 53.2 Å². The Balaban J connectivity index is 1.95. The molecule has 0 aliphatic carbocycles. The van der Waals surface area contributed by atoms with E-state index < -0.39 is 0 Å². The number of nitrogens with one attached hydrogen (secondary N) is 1. The molecule has 1 aromatic heterocycles. The lowest BCUT2D eigenvalue weighted by atomic mass is 10.2. The molecule has 1 N–H and O–H groups in total. The minimum Gasteiger partial charge on any atom is -0.481 e. The first-order chi connectivity index (χ1) is 10.1. The van der Waals surface area contributed by atoms with Gasteiger partial charge in [-0.05, 0) is 23.8 Å². The van der Waals surface area contributed by atoms with Gasteiger partial charge >= 0.3 is 6.03 Å². The molecule has 0 aliphatic heterocycles. The average molecular weight is 306 g/mol. The molecule has 2 rings (SSSR count). The van der Waals surface area contributed by atoms with Crippen molar-refractivity contribution in [2.24, 2.45) is 0 Å². The number of carbonyl (C=O) groups is 1. The van der Waals surface area contributed by atoms with E-state index in [1.807, 2.05) is 18.2 Å². The summed E-state index contributed by atoms with van der Waals surface area (Å²) in [4.78, 5) is 17.7. The quantitative estimate of drug-likeness (QED) is 0.942. The number of nitrogens with zero attached hydrogens (tertiary/aromatic N) is 2. The third-order valence-electron chi connectivity index (χ3n) is 2.85. The zero-order chi connectivity index (χ0) is 15.2. The average Bonchev–Trinajstić information content (AvgIpc) is 2.48. The van der Waals surface area contributed by atoms with Gasteiger partial charge in [-0.3, -0.25) is 0 Å². The number of anilines is 1. The van der Waals surface area contributed by atoms with Crippen LogP contribution in [0.25, 0.3) is 0 Å². The maximum Gasteiger partial charge on any atom is 0.321 e. The second-order valence-corrected chi connectivity index (χ2v) is 4.94. The lowest BCUT2D eigenvalue weighted by Gasteiger charge is -2.18. The summed E-state index contributed by atoms with van der Waals surface area (Å²) in [6.45, 7) is 0.468. The minimum atomic E-state index is -0.220. The van der Waals surface area contributed by atoms with E-state index in [1.54, 1.807) is 43.5 Å². The van der Waals surface area contributed by atoms with Crippen LogP contribution in [-0.2, 0) is 6.54 Å². The molecular formula is C15H16ClN3O2. The molecule has 21 heavy (non-hydrogen) atoms. The van der Waals surface area contributed by atoms with Crippen LogP contribution in [-0.4, -0.2) is 30.1 Å². The monoisotopic (exact) mass is 305 g/mol. The second-order valence-electron chi connectivity index (χ2n) is 4.51. The van der Waals surface area contributed by atoms with Crippen molar-refractivity contribution in [1.82, 2.24) is 9.88 Å². The van der Waals surface area contributed by atoms with Gasteiger partial charge in [0.05, 0.1) is 19.0 Å². The molecule has 0 aliphatic rings. The van der Waals surface area contributed by atoms with Crippen molar-refractivity contribution in [3.63, 3.8) is 0 Å². The van der Waals surface area contributed by atoms with Gasteiger partial charge in [0.2, 0.25) is 5.88 Å². The SMILES string of the molecule is COc1ccc(NC(=O)N(C)Cc2cccc(Cl)c2)cn1. The molecule has 6 heteroatoms. The first kappa shape index (κ1) is 15.1. The molecular weight excluding hydrogens is 290 g/mol. The van der Waals surface area contributed by atoms with Gasteiger partial charge in [0, 0.05) is 24.7 Å². The molecule has 2 aromatic rings. The molecule has 0 radical (unpaired) electrons. The lowest BCUT2D eigenvalue weighted by Crippen LogP contribution is -2.30. The maximum absolute atomic E-state index is 12.1. The van der Waals surface area contributed by atoms with Crippen molar-refractivity contribution >= 4 is 23.3 Å². The fourth-order valence-corrected chi connectivity index (χ4v) is 1.99. The molecule has 110 valence electrons. The highest BCUT2D eigenvalue weighted by atomic mass is 35.5.